The van der Waals surface area contributed by atoms with Crippen LogP contribution in [-0.4, -0.2) is 15.7 Å². The highest BCUT2D eigenvalue weighted by atomic mass is 79.9. The summed E-state index contributed by atoms with van der Waals surface area (Å²) in [5.41, 5.74) is 0.318. The minimum absolute atomic E-state index is 0.318. The quantitative estimate of drug-likeness (QED) is 0.932. The number of hydrogen-bond donors (Lipinski definition) is 1. The molecule has 0 radical (unpaired) electrons. The van der Waals surface area contributed by atoms with Gasteiger partial charge in [0, 0.05) is 16.7 Å². The van der Waals surface area contributed by atoms with Gasteiger partial charge in [-0.1, -0.05) is 0 Å². The third-order valence-electron chi connectivity index (χ3n) is 2.51. The predicted molar refractivity (Wildman–Crippen MR) is 74.5 cm³/mol. The van der Waals surface area contributed by atoms with Crippen molar-refractivity contribution in [3.63, 3.8) is 0 Å². The van der Waals surface area contributed by atoms with Crippen molar-refractivity contribution in [3.05, 3.63) is 46.3 Å². The van der Waals surface area contributed by atoms with Gasteiger partial charge in [0.1, 0.15) is 5.82 Å². The molecule has 0 aliphatic carbocycles. The lowest BCUT2D eigenvalue weighted by Crippen LogP contribution is -2.13. The fraction of sp³-hybridized carbons (Fsp3) is 0.154. The van der Waals surface area contributed by atoms with Crippen molar-refractivity contribution in [1.82, 2.24) is 9.78 Å². The number of nitrogens with zero attached hydrogens (tertiary/aromatic N) is 3. The number of nitrogens with one attached hydrogen (secondary N) is 1. The van der Waals surface area contributed by atoms with Crippen molar-refractivity contribution < 1.29 is 9.18 Å². The second kappa shape index (κ2) is 6.30. The molecule has 0 atom stereocenters. The molecular formula is C13H10BrFN4O. The Morgan fingerprint density at radius 3 is 3.00 bits per heavy atom. The zero-order chi connectivity index (χ0) is 14.5. The Morgan fingerprint density at radius 2 is 2.30 bits per heavy atom. The molecular weight excluding hydrogens is 327 g/mol. The van der Waals surface area contributed by atoms with Gasteiger partial charge in [-0.15, -0.1) is 0 Å². The molecule has 2 aromatic rings. The second-order valence-corrected chi connectivity index (χ2v) is 4.80. The Labute approximate surface area is 123 Å². The van der Waals surface area contributed by atoms with Gasteiger partial charge in [-0.25, -0.2) is 4.39 Å². The first-order valence-electron chi connectivity index (χ1n) is 5.77. The lowest BCUT2D eigenvalue weighted by Gasteiger charge is -2.04. The molecule has 0 bridgehead atoms. The van der Waals surface area contributed by atoms with Crippen LogP contribution in [0.5, 0.6) is 0 Å². The maximum Gasteiger partial charge on any atom is 0.258 e. The third kappa shape index (κ3) is 3.42. The number of aryl methyl sites for hydroxylation is 1. The van der Waals surface area contributed by atoms with E-state index in [0.29, 0.717) is 28.8 Å². The van der Waals surface area contributed by atoms with Crippen LogP contribution in [0.3, 0.4) is 0 Å². The van der Waals surface area contributed by atoms with Crippen molar-refractivity contribution in [3.8, 4) is 6.07 Å². The van der Waals surface area contributed by atoms with E-state index in [0.717, 1.165) is 0 Å². The van der Waals surface area contributed by atoms with Crippen molar-refractivity contribution in [2.45, 2.75) is 13.0 Å². The molecule has 1 aromatic carbocycles. The monoisotopic (exact) mass is 336 g/mol. The topological polar surface area (TPSA) is 70.7 Å². The minimum Gasteiger partial charge on any atom is -0.305 e. The molecule has 0 unspecified atom stereocenters. The van der Waals surface area contributed by atoms with E-state index in [1.54, 1.807) is 16.9 Å². The Hall–Kier alpha value is -2.20. The molecule has 0 aliphatic rings. The van der Waals surface area contributed by atoms with E-state index < -0.39 is 5.82 Å². The fourth-order valence-corrected chi connectivity index (χ4v) is 2.11. The van der Waals surface area contributed by atoms with Crippen molar-refractivity contribution in [1.29, 1.82) is 5.26 Å². The number of hydrogen-bond acceptors (Lipinski definition) is 3. The predicted octanol–water partition coefficient (Wildman–Crippen LogP) is 2.95. The fourth-order valence-electron chi connectivity index (χ4n) is 1.57. The third-order valence-corrected chi connectivity index (χ3v) is 3.17. The molecule has 1 amide bonds. The normalized spacial score (nSPS) is 10.1. The molecule has 0 fully saturated rings. The van der Waals surface area contributed by atoms with Crippen LogP contribution in [0.15, 0.2) is 34.9 Å². The first-order valence-corrected chi connectivity index (χ1v) is 6.56. The highest BCUT2D eigenvalue weighted by Gasteiger charge is 2.12. The van der Waals surface area contributed by atoms with Gasteiger partial charge in [-0.2, -0.15) is 10.4 Å². The number of nitriles is 1. The van der Waals surface area contributed by atoms with Crippen LogP contribution in [-0.2, 0) is 6.54 Å². The van der Waals surface area contributed by atoms with Gasteiger partial charge < -0.3 is 5.32 Å². The van der Waals surface area contributed by atoms with Crippen LogP contribution < -0.4 is 5.32 Å². The maximum absolute atomic E-state index is 13.0. The molecule has 0 spiro atoms. The van der Waals surface area contributed by atoms with E-state index in [1.807, 2.05) is 6.07 Å². The summed E-state index contributed by atoms with van der Waals surface area (Å²) in [6, 6.07) is 7.47. The molecule has 20 heavy (non-hydrogen) atoms. The Bertz CT molecular complexity index is 677. The first-order chi connectivity index (χ1) is 9.60. The average Bonchev–Trinajstić information content (AvgIpc) is 2.83. The maximum atomic E-state index is 13.0. The number of halogens is 2. The van der Waals surface area contributed by atoms with E-state index in [-0.39, 0.29) is 5.91 Å². The molecule has 7 heteroatoms. The molecule has 0 aliphatic heterocycles. The van der Waals surface area contributed by atoms with E-state index in [9.17, 15) is 9.18 Å². The summed E-state index contributed by atoms with van der Waals surface area (Å²) in [7, 11) is 0. The summed E-state index contributed by atoms with van der Waals surface area (Å²) < 4.78 is 14.9. The SMILES string of the molecule is N#CCCn1ccc(NC(=O)c2ccc(F)cc2Br)n1. The molecule has 1 heterocycles. The minimum atomic E-state index is -0.422. The van der Waals surface area contributed by atoms with Gasteiger partial charge in [-0.3, -0.25) is 9.48 Å². The van der Waals surface area contributed by atoms with Gasteiger partial charge in [0.25, 0.3) is 5.91 Å². The van der Waals surface area contributed by atoms with Gasteiger partial charge in [0.15, 0.2) is 5.82 Å². The van der Waals surface area contributed by atoms with E-state index in [1.165, 1.54) is 18.2 Å². The summed E-state index contributed by atoms with van der Waals surface area (Å²) in [5.74, 6) is -0.430. The molecule has 2 rings (SSSR count). The summed E-state index contributed by atoms with van der Waals surface area (Å²) in [6.45, 7) is 0.465. The number of benzene rings is 1. The van der Waals surface area contributed by atoms with Crippen molar-refractivity contribution in [2.75, 3.05) is 5.32 Å². The van der Waals surface area contributed by atoms with Gasteiger partial charge in [-0.05, 0) is 34.1 Å². The smallest absolute Gasteiger partial charge is 0.258 e. The Balaban J connectivity index is 2.08. The highest BCUT2D eigenvalue weighted by Crippen LogP contribution is 2.19. The summed E-state index contributed by atoms with van der Waals surface area (Å²) in [4.78, 5) is 12.0. The number of anilines is 1. The number of amides is 1. The summed E-state index contributed by atoms with van der Waals surface area (Å²) in [5, 5.41) is 15.2. The van der Waals surface area contributed by atoms with Crippen molar-refractivity contribution in [2.24, 2.45) is 0 Å². The number of carbonyl (C=O) groups is 1. The number of aromatic nitrogens is 2. The van der Waals surface area contributed by atoms with Gasteiger partial charge in [0.2, 0.25) is 0 Å². The van der Waals surface area contributed by atoms with Gasteiger partial charge >= 0.3 is 0 Å². The van der Waals surface area contributed by atoms with E-state index in [4.69, 9.17) is 5.26 Å². The Morgan fingerprint density at radius 1 is 1.50 bits per heavy atom. The highest BCUT2D eigenvalue weighted by molar-refractivity contribution is 9.10. The molecule has 1 N–H and O–H groups in total. The molecule has 0 saturated heterocycles. The number of rotatable bonds is 4. The molecule has 1 aromatic heterocycles. The van der Waals surface area contributed by atoms with Crippen LogP contribution in [0.1, 0.15) is 16.8 Å². The average molecular weight is 337 g/mol. The van der Waals surface area contributed by atoms with Crippen LogP contribution in [0, 0.1) is 17.1 Å². The lowest BCUT2D eigenvalue weighted by molar-refractivity contribution is 0.102. The standard InChI is InChI=1S/C13H10BrFN4O/c14-11-8-9(15)2-3-10(11)13(20)17-12-4-7-19(18-12)6-1-5-16/h2-4,7-8H,1,6H2,(H,17,18,20). The summed E-state index contributed by atoms with van der Waals surface area (Å²) in [6.07, 6.45) is 2.02. The molecule has 0 saturated carbocycles. The second-order valence-electron chi connectivity index (χ2n) is 3.95. The molecule has 102 valence electrons. The number of carbonyl (C=O) groups excluding carboxylic acids is 1. The molecule has 5 nitrogen and oxygen atoms in total. The van der Waals surface area contributed by atoms with Crippen molar-refractivity contribution >= 4 is 27.7 Å². The zero-order valence-electron chi connectivity index (χ0n) is 10.3. The Kier molecular flexibility index (Phi) is 4.48. The van der Waals surface area contributed by atoms with Crippen LogP contribution >= 0.6 is 15.9 Å². The van der Waals surface area contributed by atoms with Crippen LogP contribution in [0.25, 0.3) is 0 Å². The van der Waals surface area contributed by atoms with Gasteiger partial charge in [0.05, 0.1) is 24.6 Å². The summed E-state index contributed by atoms with van der Waals surface area (Å²) >= 11 is 3.14. The van der Waals surface area contributed by atoms with Crippen LogP contribution in [0.2, 0.25) is 0 Å². The lowest BCUT2D eigenvalue weighted by atomic mass is 10.2. The van der Waals surface area contributed by atoms with Crippen LogP contribution in [0.4, 0.5) is 10.2 Å². The zero-order valence-corrected chi connectivity index (χ0v) is 11.9. The van der Waals surface area contributed by atoms with E-state index in [2.05, 4.69) is 26.3 Å². The van der Waals surface area contributed by atoms with E-state index >= 15 is 0 Å². The first kappa shape index (κ1) is 14.2. The largest absolute Gasteiger partial charge is 0.305 e.